The number of ether oxygens (including phenoxy) is 2. The van der Waals surface area contributed by atoms with E-state index in [1.165, 1.54) is 4.90 Å². The highest BCUT2D eigenvalue weighted by atomic mass is 35.5. The Balaban J connectivity index is 1.46. The second-order valence-electron chi connectivity index (χ2n) is 8.25. The van der Waals surface area contributed by atoms with Crippen LogP contribution in [0.15, 0.2) is 72.8 Å². The second kappa shape index (κ2) is 9.57. The van der Waals surface area contributed by atoms with Crippen molar-refractivity contribution in [3.05, 3.63) is 88.9 Å². The predicted molar refractivity (Wildman–Crippen MR) is 129 cm³/mol. The average Bonchev–Trinajstić information content (AvgIpc) is 2.83. The lowest BCUT2D eigenvalue weighted by molar-refractivity contribution is -0.128. The lowest BCUT2D eigenvalue weighted by Crippen LogP contribution is -2.59. The van der Waals surface area contributed by atoms with Crippen LogP contribution in [-0.4, -0.2) is 29.9 Å². The van der Waals surface area contributed by atoms with Gasteiger partial charge in [0.1, 0.15) is 23.5 Å². The topological polar surface area (TPSA) is 84.9 Å². The molecule has 1 aliphatic rings. The fourth-order valence-electron chi connectivity index (χ4n) is 3.67. The summed E-state index contributed by atoms with van der Waals surface area (Å²) in [6, 6.07) is 20.8. The zero-order chi connectivity index (χ0) is 24.3. The predicted octanol–water partition coefficient (Wildman–Crippen LogP) is 4.84. The molecule has 8 heteroatoms. The zero-order valence-corrected chi connectivity index (χ0v) is 19.5. The normalized spacial score (nSPS) is 14.1. The molecule has 0 fully saturated rings. The molecule has 2 amide bonds. The van der Waals surface area contributed by atoms with E-state index in [1.807, 2.05) is 12.1 Å². The van der Waals surface area contributed by atoms with Crippen molar-refractivity contribution in [3.63, 3.8) is 0 Å². The van der Waals surface area contributed by atoms with Crippen LogP contribution in [0.25, 0.3) is 0 Å². The minimum Gasteiger partial charge on any atom is -0.488 e. The number of hydrogen-bond acceptors (Lipinski definition) is 5. The van der Waals surface area contributed by atoms with Crippen LogP contribution in [-0.2, 0) is 20.9 Å². The average molecular weight is 479 g/mol. The molecule has 7 nitrogen and oxygen atoms in total. The summed E-state index contributed by atoms with van der Waals surface area (Å²) in [5, 5.41) is 3.42. The van der Waals surface area contributed by atoms with Crippen molar-refractivity contribution < 1.29 is 23.9 Å². The summed E-state index contributed by atoms with van der Waals surface area (Å²) in [7, 11) is 0. The van der Waals surface area contributed by atoms with Gasteiger partial charge in [0.15, 0.2) is 6.61 Å². The van der Waals surface area contributed by atoms with Gasteiger partial charge in [-0.1, -0.05) is 48.0 Å². The fourth-order valence-corrected chi connectivity index (χ4v) is 3.80. The number of anilines is 2. The van der Waals surface area contributed by atoms with Gasteiger partial charge >= 0.3 is 5.97 Å². The van der Waals surface area contributed by atoms with Crippen LogP contribution < -0.4 is 15.0 Å². The van der Waals surface area contributed by atoms with Gasteiger partial charge in [-0.15, -0.1) is 0 Å². The third kappa shape index (κ3) is 4.75. The largest absolute Gasteiger partial charge is 0.488 e. The number of nitrogens with zero attached hydrogens (tertiary/aromatic N) is 1. The van der Waals surface area contributed by atoms with E-state index in [0.29, 0.717) is 22.1 Å². The quantitative estimate of drug-likeness (QED) is 0.512. The lowest BCUT2D eigenvalue weighted by Gasteiger charge is -2.41. The van der Waals surface area contributed by atoms with E-state index in [4.69, 9.17) is 21.1 Å². The van der Waals surface area contributed by atoms with E-state index in [1.54, 1.807) is 74.5 Å². The van der Waals surface area contributed by atoms with Gasteiger partial charge in [0, 0.05) is 5.02 Å². The van der Waals surface area contributed by atoms with Crippen LogP contribution in [0.1, 0.15) is 29.8 Å². The van der Waals surface area contributed by atoms with Gasteiger partial charge in [-0.2, -0.15) is 0 Å². The first kappa shape index (κ1) is 23.3. The number of benzene rings is 3. The Labute approximate surface area is 202 Å². The third-order valence-electron chi connectivity index (χ3n) is 5.50. The molecule has 174 valence electrons. The number of fused-ring (bicyclic) bond motifs is 1. The molecule has 3 aromatic carbocycles. The molecule has 34 heavy (non-hydrogen) atoms. The monoisotopic (exact) mass is 478 g/mol. The molecule has 1 N–H and O–H groups in total. The maximum Gasteiger partial charge on any atom is 0.342 e. The van der Waals surface area contributed by atoms with Gasteiger partial charge in [0.2, 0.25) is 5.91 Å². The van der Waals surface area contributed by atoms with Crippen LogP contribution in [0.2, 0.25) is 5.02 Å². The standard InChI is InChI=1S/C26H23ClN2O5/c1-26(2)25(32)28-20-8-4-5-9-21(20)29(26)23(30)16-34-24(31)19-7-3-6-10-22(19)33-15-17-11-13-18(27)14-12-17/h3-14H,15-16H2,1-2H3,(H,28,32). The Kier molecular flexibility index (Phi) is 6.56. The van der Waals surface area contributed by atoms with Gasteiger partial charge < -0.3 is 14.8 Å². The fraction of sp³-hybridized carbons (Fsp3) is 0.192. The molecule has 1 aliphatic heterocycles. The number of carbonyl (C=O) groups is 3. The molecule has 4 rings (SSSR count). The van der Waals surface area contributed by atoms with E-state index in [0.717, 1.165) is 5.56 Å². The maximum atomic E-state index is 13.1. The van der Waals surface area contributed by atoms with Crippen LogP contribution >= 0.6 is 11.6 Å². The van der Waals surface area contributed by atoms with Gasteiger partial charge in [-0.05, 0) is 55.8 Å². The number of halogens is 1. The highest BCUT2D eigenvalue weighted by Gasteiger charge is 2.43. The number of carbonyl (C=O) groups excluding carboxylic acids is 3. The first-order valence-corrected chi connectivity index (χ1v) is 11.0. The Morgan fingerprint density at radius 1 is 0.971 bits per heavy atom. The van der Waals surface area contributed by atoms with Gasteiger partial charge in [0.25, 0.3) is 5.91 Å². The van der Waals surface area contributed by atoms with Crippen molar-refractivity contribution in [2.45, 2.75) is 26.0 Å². The minimum atomic E-state index is -1.16. The van der Waals surface area contributed by atoms with Crippen molar-refractivity contribution in [1.82, 2.24) is 0 Å². The first-order chi connectivity index (χ1) is 16.3. The van der Waals surface area contributed by atoms with Crippen molar-refractivity contribution in [3.8, 4) is 5.75 Å². The third-order valence-corrected chi connectivity index (χ3v) is 5.75. The molecule has 0 saturated heterocycles. The number of amides is 2. The summed E-state index contributed by atoms with van der Waals surface area (Å²) in [5.41, 5.74) is 0.983. The van der Waals surface area contributed by atoms with E-state index >= 15 is 0 Å². The Morgan fingerprint density at radius 3 is 2.41 bits per heavy atom. The number of nitrogens with one attached hydrogen (secondary N) is 1. The molecule has 0 saturated carbocycles. The molecule has 0 atom stereocenters. The smallest absolute Gasteiger partial charge is 0.342 e. The Bertz CT molecular complexity index is 1240. The molecule has 1 heterocycles. The van der Waals surface area contributed by atoms with E-state index in [2.05, 4.69) is 5.32 Å². The van der Waals surface area contributed by atoms with E-state index in [-0.39, 0.29) is 18.1 Å². The highest BCUT2D eigenvalue weighted by Crippen LogP contribution is 2.36. The minimum absolute atomic E-state index is 0.195. The molecule has 0 radical (unpaired) electrons. The number of rotatable bonds is 6. The maximum absolute atomic E-state index is 13.1. The van der Waals surface area contributed by atoms with E-state index < -0.39 is 24.0 Å². The molecule has 0 aromatic heterocycles. The van der Waals surface area contributed by atoms with Crippen molar-refractivity contribution in [2.24, 2.45) is 0 Å². The van der Waals surface area contributed by atoms with Crippen LogP contribution in [0.5, 0.6) is 5.75 Å². The van der Waals surface area contributed by atoms with Gasteiger partial charge in [-0.3, -0.25) is 14.5 Å². The van der Waals surface area contributed by atoms with Crippen LogP contribution in [0, 0.1) is 0 Å². The van der Waals surface area contributed by atoms with Crippen LogP contribution in [0.3, 0.4) is 0 Å². The molecular weight excluding hydrogens is 456 g/mol. The van der Waals surface area contributed by atoms with Gasteiger partial charge in [0.05, 0.1) is 11.4 Å². The molecular formula is C26H23ClN2O5. The molecule has 0 spiro atoms. The number of hydrogen-bond donors (Lipinski definition) is 1. The summed E-state index contributed by atoms with van der Waals surface area (Å²) >= 11 is 5.91. The SMILES string of the molecule is CC1(C)C(=O)Nc2ccccc2N1C(=O)COC(=O)c1ccccc1OCc1ccc(Cl)cc1. The van der Waals surface area contributed by atoms with Crippen LogP contribution in [0.4, 0.5) is 11.4 Å². The van der Waals surface area contributed by atoms with Crippen molar-refractivity contribution in [2.75, 3.05) is 16.8 Å². The number of esters is 1. The first-order valence-electron chi connectivity index (χ1n) is 10.6. The van der Waals surface area contributed by atoms with Gasteiger partial charge in [-0.25, -0.2) is 4.79 Å². The summed E-state index contributed by atoms with van der Waals surface area (Å²) in [4.78, 5) is 39.8. The number of para-hydroxylation sites is 3. The summed E-state index contributed by atoms with van der Waals surface area (Å²) in [6.45, 7) is 2.97. The molecule has 0 aliphatic carbocycles. The Hall–Kier alpha value is -3.84. The molecule has 0 unspecified atom stereocenters. The molecule has 0 bridgehead atoms. The highest BCUT2D eigenvalue weighted by molar-refractivity contribution is 6.30. The molecule has 3 aromatic rings. The zero-order valence-electron chi connectivity index (χ0n) is 18.7. The van der Waals surface area contributed by atoms with Crippen molar-refractivity contribution >= 4 is 40.8 Å². The Morgan fingerprint density at radius 2 is 1.65 bits per heavy atom. The summed E-state index contributed by atoms with van der Waals surface area (Å²) < 4.78 is 11.1. The van der Waals surface area contributed by atoms with E-state index in [9.17, 15) is 14.4 Å². The van der Waals surface area contributed by atoms with Crippen molar-refractivity contribution in [1.29, 1.82) is 0 Å². The second-order valence-corrected chi connectivity index (χ2v) is 8.68. The summed E-state index contributed by atoms with van der Waals surface area (Å²) in [6.07, 6.45) is 0. The lowest BCUT2D eigenvalue weighted by atomic mass is 9.96. The summed E-state index contributed by atoms with van der Waals surface area (Å²) in [5.74, 6) is -1.21.